The van der Waals surface area contributed by atoms with Crippen molar-refractivity contribution >= 4 is 24.9 Å². The second kappa shape index (κ2) is 6.46. The highest BCUT2D eigenvalue weighted by atomic mass is 31.2. The Labute approximate surface area is 140 Å². The van der Waals surface area contributed by atoms with Crippen molar-refractivity contribution in [1.82, 2.24) is 19.5 Å². The predicted molar refractivity (Wildman–Crippen MR) is 80.2 cm³/mol. The number of rotatable bonds is 5. The standard InChI is InChI=1S/C11H16N5O8P/c1-22-9-5-8(14-11(12)15-9)16(3-13-5)10-7(18)6(17)4(24-10)2-23-25(19,20)21/h3-4,6-7,10,17-18H,2H2,1H3,(H2,12,14,15)(H2,19,20,21)/t4-,6-,7-,10-/m1/s1. The average Bonchev–Trinajstić information content (AvgIpc) is 3.06. The minimum atomic E-state index is -4.75. The summed E-state index contributed by atoms with van der Waals surface area (Å²) in [5, 5.41) is 20.2. The predicted octanol–water partition coefficient (Wildman–Crippen LogP) is -1.85. The molecule has 138 valence electrons. The maximum Gasteiger partial charge on any atom is 0.469 e. The molecule has 0 unspecified atom stereocenters. The number of imidazole rings is 1. The second-order valence-electron chi connectivity index (χ2n) is 5.25. The number of aromatic nitrogens is 4. The number of phosphoric ester groups is 1. The monoisotopic (exact) mass is 377 g/mol. The molecule has 3 rings (SSSR count). The van der Waals surface area contributed by atoms with E-state index in [-0.39, 0.29) is 23.0 Å². The minimum absolute atomic E-state index is 0.0967. The lowest BCUT2D eigenvalue weighted by Gasteiger charge is -2.16. The van der Waals surface area contributed by atoms with Crippen molar-refractivity contribution in [3.8, 4) is 5.88 Å². The van der Waals surface area contributed by atoms with Gasteiger partial charge in [0.25, 0.3) is 0 Å². The maximum atomic E-state index is 10.8. The van der Waals surface area contributed by atoms with Crippen molar-refractivity contribution in [3.63, 3.8) is 0 Å². The number of aliphatic hydroxyl groups is 2. The number of hydrogen-bond acceptors (Lipinski definition) is 10. The number of fused-ring (bicyclic) bond motifs is 1. The van der Waals surface area contributed by atoms with Crippen LogP contribution in [-0.4, -0.2) is 71.5 Å². The molecule has 2 aromatic rings. The molecule has 0 bridgehead atoms. The lowest BCUT2D eigenvalue weighted by atomic mass is 10.1. The van der Waals surface area contributed by atoms with Gasteiger partial charge < -0.3 is 35.2 Å². The van der Waals surface area contributed by atoms with E-state index in [1.807, 2.05) is 0 Å². The van der Waals surface area contributed by atoms with Gasteiger partial charge in [0, 0.05) is 0 Å². The molecule has 13 nitrogen and oxygen atoms in total. The molecule has 1 aliphatic heterocycles. The molecule has 0 aromatic carbocycles. The summed E-state index contributed by atoms with van der Waals surface area (Å²) in [5.74, 6) is 0.0242. The Kier molecular flexibility index (Phi) is 4.64. The smallest absolute Gasteiger partial charge is 0.469 e. The van der Waals surface area contributed by atoms with Gasteiger partial charge >= 0.3 is 7.82 Å². The molecule has 4 atom stereocenters. The number of nitrogen functional groups attached to an aromatic ring is 1. The van der Waals surface area contributed by atoms with Gasteiger partial charge in [-0.25, -0.2) is 9.55 Å². The highest BCUT2D eigenvalue weighted by Crippen LogP contribution is 2.39. The van der Waals surface area contributed by atoms with Gasteiger partial charge in [-0.05, 0) is 0 Å². The average molecular weight is 377 g/mol. The van der Waals surface area contributed by atoms with Gasteiger partial charge in [0.2, 0.25) is 11.8 Å². The van der Waals surface area contributed by atoms with Crippen molar-refractivity contribution in [2.24, 2.45) is 0 Å². The van der Waals surface area contributed by atoms with Gasteiger partial charge in [-0.3, -0.25) is 9.09 Å². The molecular formula is C11H16N5O8P. The lowest BCUT2D eigenvalue weighted by molar-refractivity contribution is -0.0503. The largest absolute Gasteiger partial charge is 0.479 e. The van der Waals surface area contributed by atoms with Crippen LogP contribution >= 0.6 is 7.82 Å². The fourth-order valence-corrected chi connectivity index (χ4v) is 2.84. The summed E-state index contributed by atoms with van der Waals surface area (Å²) in [6, 6.07) is 0. The number of methoxy groups -OCH3 is 1. The van der Waals surface area contributed by atoms with E-state index in [4.69, 9.17) is 25.0 Å². The van der Waals surface area contributed by atoms with Crippen LogP contribution in [0.15, 0.2) is 6.33 Å². The molecule has 3 heterocycles. The molecular weight excluding hydrogens is 361 g/mol. The van der Waals surface area contributed by atoms with Crippen molar-refractivity contribution in [2.45, 2.75) is 24.5 Å². The first-order valence-corrected chi connectivity index (χ1v) is 8.50. The zero-order chi connectivity index (χ0) is 18.4. The normalized spacial score (nSPS) is 27.1. The highest BCUT2D eigenvalue weighted by Gasteiger charge is 2.45. The molecule has 0 amide bonds. The van der Waals surface area contributed by atoms with Crippen molar-refractivity contribution in [2.75, 3.05) is 19.5 Å². The number of anilines is 1. The number of hydrogen-bond donors (Lipinski definition) is 5. The lowest BCUT2D eigenvalue weighted by Crippen LogP contribution is -2.33. The Morgan fingerprint density at radius 1 is 1.36 bits per heavy atom. The molecule has 6 N–H and O–H groups in total. The van der Waals surface area contributed by atoms with E-state index in [2.05, 4.69) is 19.5 Å². The van der Waals surface area contributed by atoms with Crippen molar-refractivity contribution < 1.29 is 38.6 Å². The van der Waals surface area contributed by atoms with Crippen LogP contribution in [0.4, 0.5) is 5.95 Å². The Hall–Kier alpha value is -1.86. The number of nitrogens with zero attached hydrogens (tertiary/aromatic N) is 4. The fourth-order valence-electron chi connectivity index (χ4n) is 2.50. The summed E-state index contributed by atoms with van der Waals surface area (Å²) in [7, 11) is -3.37. The molecule has 2 aromatic heterocycles. The zero-order valence-electron chi connectivity index (χ0n) is 12.8. The van der Waals surface area contributed by atoms with Crippen LogP contribution in [0.5, 0.6) is 5.88 Å². The van der Waals surface area contributed by atoms with Crippen LogP contribution in [0.3, 0.4) is 0 Å². The van der Waals surface area contributed by atoms with E-state index >= 15 is 0 Å². The first-order valence-electron chi connectivity index (χ1n) is 6.97. The Morgan fingerprint density at radius 2 is 2.08 bits per heavy atom. The van der Waals surface area contributed by atoms with E-state index in [9.17, 15) is 14.8 Å². The van der Waals surface area contributed by atoms with E-state index in [1.165, 1.54) is 18.0 Å². The van der Waals surface area contributed by atoms with Crippen LogP contribution in [-0.2, 0) is 13.8 Å². The van der Waals surface area contributed by atoms with Gasteiger partial charge in [-0.2, -0.15) is 9.97 Å². The van der Waals surface area contributed by atoms with E-state index in [0.29, 0.717) is 0 Å². The number of phosphoric acid groups is 1. The first-order chi connectivity index (χ1) is 11.7. The summed E-state index contributed by atoms with van der Waals surface area (Å²) in [4.78, 5) is 29.4. The molecule has 1 fully saturated rings. The topological polar surface area (TPSA) is 195 Å². The molecule has 1 saturated heterocycles. The van der Waals surface area contributed by atoms with E-state index in [0.717, 1.165) is 0 Å². The molecule has 0 radical (unpaired) electrons. The second-order valence-corrected chi connectivity index (χ2v) is 6.49. The third-order valence-electron chi connectivity index (χ3n) is 3.62. The number of ether oxygens (including phenoxy) is 2. The molecule has 25 heavy (non-hydrogen) atoms. The summed E-state index contributed by atoms with van der Waals surface area (Å²) in [5.41, 5.74) is 6.06. The summed E-state index contributed by atoms with van der Waals surface area (Å²) < 4.78 is 26.9. The summed E-state index contributed by atoms with van der Waals surface area (Å²) in [6.45, 7) is -0.619. The number of nitrogens with two attached hydrogens (primary N) is 1. The number of aliphatic hydroxyl groups excluding tert-OH is 2. The van der Waals surface area contributed by atoms with Crippen LogP contribution < -0.4 is 10.5 Å². The SMILES string of the molecule is COc1nc(N)nc2c1ncn2[C@@H]1O[C@H](COP(=O)(O)O)[C@@H](O)[C@H]1O. The first kappa shape index (κ1) is 17.9. The zero-order valence-corrected chi connectivity index (χ0v) is 13.7. The van der Waals surface area contributed by atoms with E-state index in [1.54, 1.807) is 0 Å². The van der Waals surface area contributed by atoms with Gasteiger partial charge in [-0.15, -0.1) is 0 Å². The van der Waals surface area contributed by atoms with E-state index < -0.39 is 39.0 Å². The Morgan fingerprint density at radius 3 is 2.72 bits per heavy atom. The van der Waals surface area contributed by atoms with Gasteiger partial charge in [0.05, 0.1) is 20.0 Å². The maximum absolute atomic E-state index is 10.8. The van der Waals surface area contributed by atoms with Gasteiger partial charge in [-0.1, -0.05) is 0 Å². The van der Waals surface area contributed by atoms with Crippen LogP contribution in [0.1, 0.15) is 6.23 Å². The minimum Gasteiger partial charge on any atom is -0.479 e. The summed E-state index contributed by atoms with van der Waals surface area (Å²) in [6.07, 6.45) is -3.90. The molecule has 0 aliphatic carbocycles. The van der Waals surface area contributed by atoms with Crippen molar-refractivity contribution in [1.29, 1.82) is 0 Å². The van der Waals surface area contributed by atoms with Gasteiger partial charge in [0.1, 0.15) is 18.3 Å². The van der Waals surface area contributed by atoms with Crippen molar-refractivity contribution in [3.05, 3.63) is 6.33 Å². The Balaban J connectivity index is 1.90. The third-order valence-corrected chi connectivity index (χ3v) is 4.10. The molecule has 0 spiro atoms. The fraction of sp³-hybridized carbons (Fsp3) is 0.545. The Bertz CT molecular complexity index is 824. The van der Waals surface area contributed by atoms with Crippen LogP contribution in [0, 0.1) is 0 Å². The highest BCUT2D eigenvalue weighted by molar-refractivity contribution is 7.46. The summed E-state index contributed by atoms with van der Waals surface area (Å²) >= 11 is 0. The van der Waals surface area contributed by atoms with Crippen LogP contribution in [0.25, 0.3) is 11.2 Å². The van der Waals surface area contributed by atoms with Gasteiger partial charge in [0.15, 0.2) is 17.4 Å². The molecule has 0 saturated carbocycles. The molecule has 1 aliphatic rings. The third kappa shape index (κ3) is 3.43. The van der Waals surface area contributed by atoms with Crippen LogP contribution in [0.2, 0.25) is 0 Å². The quantitative estimate of drug-likeness (QED) is 0.365. The molecule has 14 heteroatoms.